The summed E-state index contributed by atoms with van der Waals surface area (Å²) in [4.78, 5) is 7.99. The van der Waals surface area contributed by atoms with Crippen molar-refractivity contribution in [3.8, 4) is 0 Å². The first kappa shape index (κ1) is 14.4. The van der Waals surface area contributed by atoms with Gasteiger partial charge in [-0.25, -0.2) is 4.98 Å². The zero-order valence-corrected chi connectivity index (χ0v) is 12.0. The molecule has 1 aromatic heterocycles. The van der Waals surface area contributed by atoms with Crippen LogP contribution < -0.4 is 10.2 Å². The Morgan fingerprint density at radius 3 is 2.88 bits per heavy atom. The molecule has 0 saturated carbocycles. The number of methoxy groups -OCH3 is 1. The lowest BCUT2D eigenvalue weighted by Crippen LogP contribution is -2.26. The SMILES string of the molecule is CCN(CCOC)c1ncc(CNC(C)C)s1. The third-order valence-corrected chi connectivity index (χ3v) is 3.50. The molecular formula is C12H23N3OS. The van der Waals surface area contributed by atoms with Crippen LogP contribution in [0, 0.1) is 0 Å². The van der Waals surface area contributed by atoms with Gasteiger partial charge in [-0.15, -0.1) is 11.3 Å². The molecule has 0 amide bonds. The molecule has 98 valence electrons. The zero-order chi connectivity index (χ0) is 12.7. The van der Waals surface area contributed by atoms with E-state index < -0.39 is 0 Å². The molecule has 5 heteroatoms. The minimum atomic E-state index is 0.510. The van der Waals surface area contributed by atoms with Gasteiger partial charge in [0.2, 0.25) is 0 Å². The lowest BCUT2D eigenvalue weighted by atomic mass is 10.4. The molecule has 0 aliphatic rings. The number of anilines is 1. The fourth-order valence-electron chi connectivity index (χ4n) is 1.42. The molecular weight excluding hydrogens is 234 g/mol. The lowest BCUT2D eigenvalue weighted by Gasteiger charge is -2.18. The van der Waals surface area contributed by atoms with E-state index in [-0.39, 0.29) is 0 Å². The van der Waals surface area contributed by atoms with Gasteiger partial charge in [0.15, 0.2) is 5.13 Å². The summed E-state index contributed by atoms with van der Waals surface area (Å²) in [5.74, 6) is 0. The maximum Gasteiger partial charge on any atom is 0.185 e. The van der Waals surface area contributed by atoms with E-state index >= 15 is 0 Å². The van der Waals surface area contributed by atoms with Gasteiger partial charge in [0.25, 0.3) is 0 Å². The second kappa shape index (κ2) is 7.63. The number of nitrogens with zero attached hydrogens (tertiary/aromatic N) is 2. The van der Waals surface area contributed by atoms with E-state index in [1.807, 2.05) is 6.20 Å². The van der Waals surface area contributed by atoms with Crippen LogP contribution in [0.25, 0.3) is 0 Å². The van der Waals surface area contributed by atoms with Crippen LogP contribution in [0.4, 0.5) is 5.13 Å². The van der Waals surface area contributed by atoms with Crippen LogP contribution in [0.2, 0.25) is 0 Å². The van der Waals surface area contributed by atoms with Crippen LogP contribution in [0.15, 0.2) is 6.20 Å². The van der Waals surface area contributed by atoms with E-state index in [0.29, 0.717) is 6.04 Å². The largest absolute Gasteiger partial charge is 0.383 e. The van der Waals surface area contributed by atoms with Crippen LogP contribution >= 0.6 is 11.3 Å². The van der Waals surface area contributed by atoms with Gasteiger partial charge in [0.1, 0.15) is 0 Å². The first-order chi connectivity index (χ1) is 8.17. The molecule has 0 aliphatic carbocycles. The highest BCUT2D eigenvalue weighted by Gasteiger charge is 2.09. The number of likely N-dealkylation sites (N-methyl/N-ethyl adjacent to an activating group) is 1. The van der Waals surface area contributed by atoms with Gasteiger partial charge in [-0.05, 0) is 6.92 Å². The molecule has 4 nitrogen and oxygen atoms in total. The Kier molecular flexibility index (Phi) is 6.47. The van der Waals surface area contributed by atoms with E-state index in [1.165, 1.54) is 4.88 Å². The fourth-order valence-corrected chi connectivity index (χ4v) is 2.37. The van der Waals surface area contributed by atoms with Crippen molar-refractivity contribution >= 4 is 16.5 Å². The summed E-state index contributed by atoms with van der Waals surface area (Å²) in [5, 5.41) is 4.49. The number of thiazole rings is 1. The van der Waals surface area contributed by atoms with Crippen molar-refractivity contribution in [2.75, 3.05) is 31.7 Å². The van der Waals surface area contributed by atoms with Gasteiger partial charge >= 0.3 is 0 Å². The monoisotopic (exact) mass is 257 g/mol. The maximum atomic E-state index is 5.10. The molecule has 0 saturated heterocycles. The summed E-state index contributed by atoms with van der Waals surface area (Å²) in [5.41, 5.74) is 0. The normalized spacial score (nSPS) is 11.1. The molecule has 1 heterocycles. The van der Waals surface area contributed by atoms with Crippen LogP contribution in [0.1, 0.15) is 25.6 Å². The zero-order valence-electron chi connectivity index (χ0n) is 11.2. The Morgan fingerprint density at radius 2 is 2.29 bits per heavy atom. The van der Waals surface area contributed by atoms with Gasteiger partial charge in [0, 0.05) is 43.9 Å². The highest BCUT2D eigenvalue weighted by molar-refractivity contribution is 7.15. The van der Waals surface area contributed by atoms with Gasteiger partial charge in [-0.1, -0.05) is 13.8 Å². The number of hydrogen-bond donors (Lipinski definition) is 1. The van der Waals surface area contributed by atoms with Gasteiger partial charge in [-0.3, -0.25) is 0 Å². The predicted octanol–water partition coefficient (Wildman–Crippen LogP) is 2.11. The van der Waals surface area contributed by atoms with Crippen molar-refractivity contribution < 1.29 is 4.74 Å². The van der Waals surface area contributed by atoms with Gasteiger partial charge in [0.05, 0.1) is 6.61 Å². The van der Waals surface area contributed by atoms with Crippen molar-refractivity contribution in [3.63, 3.8) is 0 Å². The van der Waals surface area contributed by atoms with Crippen LogP contribution in [0.5, 0.6) is 0 Å². The number of aromatic nitrogens is 1. The highest BCUT2D eigenvalue weighted by Crippen LogP contribution is 2.22. The minimum Gasteiger partial charge on any atom is -0.383 e. The van der Waals surface area contributed by atoms with Gasteiger partial charge < -0.3 is 15.0 Å². The Morgan fingerprint density at radius 1 is 1.53 bits per heavy atom. The molecule has 0 fully saturated rings. The number of rotatable bonds is 8. The third-order valence-electron chi connectivity index (χ3n) is 2.44. The third kappa shape index (κ3) is 5.02. The smallest absolute Gasteiger partial charge is 0.185 e. The summed E-state index contributed by atoms with van der Waals surface area (Å²) >= 11 is 1.75. The Hall–Kier alpha value is -0.650. The molecule has 0 aromatic carbocycles. The van der Waals surface area contributed by atoms with Crippen molar-refractivity contribution in [1.29, 1.82) is 0 Å². The van der Waals surface area contributed by atoms with E-state index in [4.69, 9.17) is 4.74 Å². The van der Waals surface area contributed by atoms with Crippen molar-refractivity contribution in [1.82, 2.24) is 10.3 Å². The topological polar surface area (TPSA) is 37.4 Å². The Bertz CT molecular complexity index is 314. The molecule has 17 heavy (non-hydrogen) atoms. The molecule has 0 bridgehead atoms. The highest BCUT2D eigenvalue weighted by atomic mass is 32.1. The summed E-state index contributed by atoms with van der Waals surface area (Å²) in [6.07, 6.45) is 1.96. The van der Waals surface area contributed by atoms with Crippen LogP contribution in [-0.2, 0) is 11.3 Å². The summed E-state index contributed by atoms with van der Waals surface area (Å²) in [6.45, 7) is 9.95. The Balaban J connectivity index is 2.52. The standard InChI is InChI=1S/C12H23N3OS/c1-5-15(6-7-16-4)12-14-9-11(17-12)8-13-10(2)3/h9-10,13H,5-8H2,1-4H3. The van der Waals surface area contributed by atoms with E-state index in [0.717, 1.165) is 31.4 Å². The summed E-state index contributed by atoms with van der Waals surface area (Å²) < 4.78 is 5.10. The van der Waals surface area contributed by atoms with E-state index in [2.05, 4.69) is 36.0 Å². The predicted molar refractivity (Wildman–Crippen MR) is 73.9 cm³/mol. The van der Waals surface area contributed by atoms with Crippen LogP contribution in [0.3, 0.4) is 0 Å². The van der Waals surface area contributed by atoms with Crippen molar-refractivity contribution in [3.05, 3.63) is 11.1 Å². The Labute approximate surface area is 108 Å². The molecule has 0 atom stereocenters. The second-order valence-corrected chi connectivity index (χ2v) is 5.31. The first-order valence-electron chi connectivity index (χ1n) is 6.09. The molecule has 0 aliphatic heterocycles. The lowest BCUT2D eigenvalue weighted by molar-refractivity contribution is 0.205. The van der Waals surface area contributed by atoms with E-state index in [1.54, 1.807) is 18.4 Å². The number of hydrogen-bond acceptors (Lipinski definition) is 5. The fraction of sp³-hybridized carbons (Fsp3) is 0.750. The van der Waals surface area contributed by atoms with Crippen molar-refractivity contribution in [2.24, 2.45) is 0 Å². The van der Waals surface area contributed by atoms with Crippen molar-refractivity contribution in [2.45, 2.75) is 33.4 Å². The minimum absolute atomic E-state index is 0.510. The summed E-state index contributed by atoms with van der Waals surface area (Å²) in [7, 11) is 1.73. The maximum absolute atomic E-state index is 5.10. The first-order valence-corrected chi connectivity index (χ1v) is 6.91. The average molecular weight is 257 g/mol. The molecule has 1 rings (SSSR count). The summed E-state index contributed by atoms with van der Waals surface area (Å²) in [6, 6.07) is 0.510. The molecule has 0 unspecified atom stereocenters. The second-order valence-electron chi connectivity index (χ2n) is 4.22. The average Bonchev–Trinajstić information content (AvgIpc) is 2.76. The number of ether oxygens (including phenoxy) is 1. The van der Waals surface area contributed by atoms with E-state index in [9.17, 15) is 0 Å². The number of nitrogens with one attached hydrogen (secondary N) is 1. The molecule has 0 spiro atoms. The molecule has 0 radical (unpaired) electrons. The molecule has 1 aromatic rings. The van der Waals surface area contributed by atoms with Crippen LogP contribution in [-0.4, -0.2) is 37.8 Å². The quantitative estimate of drug-likeness (QED) is 0.774. The molecule has 1 N–H and O–H groups in total. The van der Waals surface area contributed by atoms with Gasteiger partial charge in [-0.2, -0.15) is 0 Å².